The summed E-state index contributed by atoms with van der Waals surface area (Å²) >= 11 is 0. The summed E-state index contributed by atoms with van der Waals surface area (Å²) in [6.07, 6.45) is 4.72. The van der Waals surface area contributed by atoms with Gasteiger partial charge in [0.25, 0.3) is 0 Å². The Morgan fingerprint density at radius 2 is 1.54 bits per heavy atom. The van der Waals surface area contributed by atoms with E-state index >= 15 is 0 Å². The Bertz CT molecular complexity index is 1890. The van der Waals surface area contributed by atoms with Crippen LogP contribution in [0.3, 0.4) is 0 Å². The van der Waals surface area contributed by atoms with Gasteiger partial charge in [0.2, 0.25) is 36.2 Å². The standard InChI is InChI=1S/C48H73N5O10/c1-15-30(6)43(52(10)48(57)41(28(2)3)50-47(56)42(29(4)5)51(8)9)37(59-12)26-40(54)53-22-16-17-35(53)44(61-14)31(7)46(55)49-34-23-32(20-21-36(34)58-11)18-19-33-24-38(60-13)45-39(25-33)62-27-63-45/h18-21,23-25,28-31,35,37,41-44H,15-17,22,26-27H2,1-14H3,(H,49,55)(H,50,56)/t30-,31+,35-,37+,41-,42-,43-,44+/m0/s1. The summed E-state index contributed by atoms with van der Waals surface area (Å²) in [6, 6.07) is 7.24. The summed E-state index contributed by atoms with van der Waals surface area (Å²) in [5.41, 5.74) is 2.15. The van der Waals surface area contributed by atoms with E-state index in [2.05, 4.69) is 10.6 Å². The van der Waals surface area contributed by atoms with Crippen molar-refractivity contribution in [1.82, 2.24) is 20.0 Å². The first-order valence-electron chi connectivity index (χ1n) is 22.2. The fourth-order valence-electron chi connectivity index (χ4n) is 9.02. The Morgan fingerprint density at radius 3 is 2.13 bits per heavy atom. The molecule has 0 saturated carbocycles. The number of carbonyl (C=O) groups is 4. The highest BCUT2D eigenvalue weighted by Gasteiger charge is 2.43. The normalized spacial score (nSPS) is 18.2. The van der Waals surface area contributed by atoms with Crippen LogP contribution in [0.25, 0.3) is 12.2 Å². The molecule has 4 rings (SSSR count). The van der Waals surface area contributed by atoms with Crippen molar-refractivity contribution >= 4 is 41.5 Å². The quantitative estimate of drug-likeness (QED) is 0.130. The second kappa shape index (κ2) is 23.2. The monoisotopic (exact) mass is 880 g/mol. The van der Waals surface area contributed by atoms with Crippen LogP contribution in [-0.4, -0.2) is 138 Å². The lowest BCUT2D eigenvalue weighted by Crippen LogP contribution is -2.59. The third-order valence-electron chi connectivity index (χ3n) is 12.6. The molecule has 0 spiro atoms. The molecule has 63 heavy (non-hydrogen) atoms. The fourth-order valence-corrected chi connectivity index (χ4v) is 9.02. The van der Waals surface area contributed by atoms with Crippen molar-refractivity contribution in [1.29, 1.82) is 0 Å². The van der Waals surface area contributed by atoms with Gasteiger partial charge in [0.05, 0.1) is 62.6 Å². The summed E-state index contributed by atoms with van der Waals surface area (Å²) < 4.78 is 34.3. The van der Waals surface area contributed by atoms with Crippen LogP contribution in [0.4, 0.5) is 5.69 Å². The number of likely N-dealkylation sites (tertiary alicyclic amines) is 1. The molecule has 4 amide bonds. The van der Waals surface area contributed by atoms with E-state index in [0.717, 1.165) is 24.0 Å². The molecular formula is C48H73N5O10. The maximum atomic E-state index is 14.4. The van der Waals surface area contributed by atoms with Crippen molar-refractivity contribution < 1.29 is 47.6 Å². The predicted molar refractivity (Wildman–Crippen MR) is 245 cm³/mol. The average molecular weight is 880 g/mol. The molecule has 2 heterocycles. The molecule has 2 aliphatic heterocycles. The van der Waals surface area contributed by atoms with Gasteiger partial charge < -0.3 is 48.9 Å². The highest BCUT2D eigenvalue weighted by molar-refractivity contribution is 5.95. The first-order chi connectivity index (χ1) is 29.9. The number of rotatable bonds is 22. The molecule has 0 radical (unpaired) electrons. The van der Waals surface area contributed by atoms with Gasteiger partial charge >= 0.3 is 0 Å². The largest absolute Gasteiger partial charge is 0.495 e. The number of anilines is 1. The number of amides is 4. The summed E-state index contributed by atoms with van der Waals surface area (Å²) in [4.78, 5) is 61.6. The van der Waals surface area contributed by atoms with Crippen molar-refractivity contribution in [3.63, 3.8) is 0 Å². The number of ether oxygens (including phenoxy) is 6. The average Bonchev–Trinajstić information content (AvgIpc) is 3.94. The van der Waals surface area contributed by atoms with Crippen LogP contribution < -0.4 is 29.6 Å². The SMILES string of the molecule is CC[C@H](C)[C@@H]([C@@H](CC(=O)N1CCC[C@H]1[C@H](OC)[C@@H](C)C(=O)Nc1cc(C=Cc2cc(OC)c3c(c2)OCO3)ccc1OC)OC)N(C)C(=O)[C@@H](NC(=O)[C@H](C(C)C)N(C)C)C(C)C. The maximum Gasteiger partial charge on any atom is 0.245 e. The Morgan fingerprint density at radius 1 is 0.857 bits per heavy atom. The Labute approximate surface area is 375 Å². The first-order valence-corrected chi connectivity index (χ1v) is 22.2. The van der Waals surface area contributed by atoms with Crippen molar-refractivity contribution in [2.45, 2.75) is 111 Å². The molecule has 0 aliphatic carbocycles. The molecule has 15 heteroatoms. The summed E-state index contributed by atoms with van der Waals surface area (Å²) in [7, 11) is 11.7. The van der Waals surface area contributed by atoms with Gasteiger partial charge in [-0.25, -0.2) is 0 Å². The number of benzene rings is 2. The molecule has 1 saturated heterocycles. The van der Waals surface area contributed by atoms with Crippen LogP contribution in [0.15, 0.2) is 30.3 Å². The van der Waals surface area contributed by atoms with E-state index in [4.69, 9.17) is 28.4 Å². The van der Waals surface area contributed by atoms with Gasteiger partial charge in [-0.3, -0.25) is 24.1 Å². The summed E-state index contributed by atoms with van der Waals surface area (Å²) in [5, 5.41) is 6.10. The number of nitrogens with one attached hydrogen (secondary N) is 2. The Hall–Kier alpha value is -4.86. The number of fused-ring (bicyclic) bond motifs is 1. The highest BCUT2D eigenvalue weighted by atomic mass is 16.7. The number of likely N-dealkylation sites (N-methyl/N-ethyl adjacent to an activating group) is 2. The van der Waals surface area contributed by atoms with Gasteiger partial charge in [0.15, 0.2) is 11.5 Å². The topological polar surface area (TPSA) is 157 Å². The van der Waals surface area contributed by atoms with Crippen molar-refractivity contribution in [2.24, 2.45) is 23.7 Å². The van der Waals surface area contributed by atoms with Gasteiger partial charge in [0.1, 0.15) is 11.8 Å². The minimum absolute atomic E-state index is 0.0158. The van der Waals surface area contributed by atoms with Crippen LogP contribution in [0, 0.1) is 23.7 Å². The van der Waals surface area contributed by atoms with Gasteiger partial charge in [-0.1, -0.05) is 73.1 Å². The van der Waals surface area contributed by atoms with Gasteiger partial charge in [-0.2, -0.15) is 0 Å². The molecule has 2 N–H and O–H groups in total. The third kappa shape index (κ3) is 12.2. The van der Waals surface area contributed by atoms with E-state index in [0.29, 0.717) is 41.7 Å². The second-order valence-corrected chi connectivity index (χ2v) is 17.7. The Balaban J connectivity index is 1.49. The van der Waals surface area contributed by atoms with Gasteiger partial charge in [0, 0.05) is 27.8 Å². The minimum atomic E-state index is -0.772. The maximum absolute atomic E-state index is 14.4. The van der Waals surface area contributed by atoms with Crippen LogP contribution in [0.2, 0.25) is 0 Å². The fraction of sp³-hybridized carbons (Fsp3) is 0.625. The van der Waals surface area contributed by atoms with Crippen LogP contribution in [-0.2, 0) is 28.7 Å². The molecule has 0 unspecified atom stereocenters. The molecule has 0 bridgehead atoms. The smallest absolute Gasteiger partial charge is 0.245 e. The zero-order valence-corrected chi connectivity index (χ0v) is 40.0. The van der Waals surface area contributed by atoms with Crippen LogP contribution in [0.5, 0.6) is 23.0 Å². The lowest BCUT2D eigenvalue weighted by molar-refractivity contribution is -0.147. The second-order valence-electron chi connectivity index (χ2n) is 17.7. The lowest BCUT2D eigenvalue weighted by atomic mass is 9.89. The van der Waals surface area contributed by atoms with E-state index in [1.54, 1.807) is 58.3 Å². The number of hydrogen-bond acceptors (Lipinski definition) is 11. The van der Waals surface area contributed by atoms with E-state index < -0.39 is 36.3 Å². The highest BCUT2D eigenvalue weighted by Crippen LogP contribution is 2.42. The summed E-state index contributed by atoms with van der Waals surface area (Å²) in [6.45, 7) is 14.3. The molecule has 8 atom stereocenters. The molecule has 15 nitrogen and oxygen atoms in total. The van der Waals surface area contributed by atoms with E-state index in [1.807, 2.05) is 97.0 Å². The molecule has 2 aliphatic rings. The molecule has 1 fully saturated rings. The predicted octanol–water partition coefficient (Wildman–Crippen LogP) is 6.19. The lowest BCUT2D eigenvalue weighted by Gasteiger charge is -2.41. The molecule has 350 valence electrons. The molecule has 2 aromatic rings. The molecular weight excluding hydrogens is 807 g/mol. The van der Waals surface area contributed by atoms with E-state index in [1.165, 1.54) is 0 Å². The molecule has 0 aromatic heterocycles. The van der Waals surface area contributed by atoms with Gasteiger partial charge in [-0.05, 0) is 80.1 Å². The summed E-state index contributed by atoms with van der Waals surface area (Å²) in [5.74, 6) is 0.534. The van der Waals surface area contributed by atoms with Gasteiger partial charge in [-0.15, -0.1) is 0 Å². The zero-order chi connectivity index (χ0) is 46.7. The number of nitrogens with zero attached hydrogens (tertiary/aromatic N) is 3. The van der Waals surface area contributed by atoms with Crippen molar-refractivity contribution in [3.05, 3.63) is 41.5 Å². The van der Waals surface area contributed by atoms with Crippen LogP contribution in [0.1, 0.15) is 85.3 Å². The number of methoxy groups -OCH3 is 4. The van der Waals surface area contributed by atoms with Crippen molar-refractivity contribution in [2.75, 3.05) is 68.2 Å². The van der Waals surface area contributed by atoms with Crippen LogP contribution >= 0.6 is 0 Å². The zero-order valence-electron chi connectivity index (χ0n) is 40.0. The number of hydrogen-bond donors (Lipinski definition) is 2. The van der Waals surface area contributed by atoms with Crippen molar-refractivity contribution in [3.8, 4) is 23.0 Å². The first kappa shape index (κ1) is 50.8. The van der Waals surface area contributed by atoms with E-state index in [-0.39, 0.29) is 60.6 Å². The molecule has 2 aromatic carbocycles. The number of carbonyl (C=O) groups excluding carboxylic acids is 4. The minimum Gasteiger partial charge on any atom is -0.495 e. The Kier molecular flexibility index (Phi) is 18.7. The van der Waals surface area contributed by atoms with E-state index in [9.17, 15) is 19.2 Å². The third-order valence-corrected chi connectivity index (χ3v) is 12.6.